The van der Waals surface area contributed by atoms with Crippen LogP contribution in [0.3, 0.4) is 0 Å². The molecule has 0 spiro atoms. The molecule has 2 N–H and O–H groups in total. The van der Waals surface area contributed by atoms with Crippen molar-refractivity contribution in [2.45, 2.75) is 19.4 Å². The van der Waals surface area contributed by atoms with Crippen molar-refractivity contribution in [1.82, 2.24) is 10.5 Å². The maximum absolute atomic E-state index is 12.2. The van der Waals surface area contributed by atoms with Crippen LogP contribution in [0.2, 0.25) is 0 Å². The van der Waals surface area contributed by atoms with E-state index >= 15 is 0 Å². The number of rotatable bonds is 7. The molecule has 1 heterocycles. The van der Waals surface area contributed by atoms with E-state index in [1.54, 1.807) is 18.5 Å². The van der Waals surface area contributed by atoms with Crippen LogP contribution in [0.4, 0.5) is 5.69 Å². The van der Waals surface area contributed by atoms with Crippen molar-refractivity contribution in [3.63, 3.8) is 0 Å². The van der Waals surface area contributed by atoms with Crippen LogP contribution in [0.25, 0.3) is 0 Å². The van der Waals surface area contributed by atoms with E-state index in [2.05, 4.69) is 15.8 Å². The minimum absolute atomic E-state index is 0.224. The highest BCUT2D eigenvalue weighted by atomic mass is 16.7. The molecule has 1 aromatic heterocycles. The summed E-state index contributed by atoms with van der Waals surface area (Å²) < 4.78 is 0. The van der Waals surface area contributed by atoms with Gasteiger partial charge in [-0.15, -0.1) is 0 Å². The van der Waals surface area contributed by atoms with Gasteiger partial charge in [0.1, 0.15) is 0 Å². The SMILES string of the molecule is O=C(NOCC1CC1)c1ccccc1NCc1ccncc1. The molecule has 22 heavy (non-hydrogen) atoms. The van der Waals surface area contributed by atoms with Gasteiger partial charge in [0, 0.05) is 24.6 Å². The number of hydroxylamine groups is 1. The van der Waals surface area contributed by atoms with Crippen LogP contribution in [-0.4, -0.2) is 17.5 Å². The number of benzene rings is 1. The van der Waals surface area contributed by atoms with E-state index in [1.165, 1.54) is 12.8 Å². The molecule has 0 atom stereocenters. The highest BCUT2D eigenvalue weighted by Gasteiger charge is 2.22. The maximum Gasteiger partial charge on any atom is 0.276 e. The molecule has 2 aromatic rings. The van der Waals surface area contributed by atoms with Gasteiger partial charge in [-0.1, -0.05) is 12.1 Å². The molecule has 1 aliphatic carbocycles. The number of carbonyl (C=O) groups excluding carboxylic acids is 1. The monoisotopic (exact) mass is 297 g/mol. The van der Waals surface area contributed by atoms with Gasteiger partial charge in [0.25, 0.3) is 5.91 Å². The lowest BCUT2D eigenvalue weighted by Gasteiger charge is -2.12. The number of hydrogen-bond acceptors (Lipinski definition) is 4. The standard InChI is InChI=1S/C17H19N3O2/c21-17(20-22-12-14-5-6-14)15-3-1-2-4-16(15)19-11-13-7-9-18-10-8-13/h1-4,7-10,14,19H,5-6,11-12H2,(H,20,21). The fourth-order valence-electron chi connectivity index (χ4n) is 2.10. The van der Waals surface area contributed by atoms with E-state index in [9.17, 15) is 4.79 Å². The lowest BCUT2D eigenvalue weighted by atomic mass is 10.1. The zero-order valence-electron chi connectivity index (χ0n) is 12.3. The smallest absolute Gasteiger partial charge is 0.276 e. The van der Waals surface area contributed by atoms with Gasteiger partial charge in [-0.3, -0.25) is 14.6 Å². The third-order valence-corrected chi connectivity index (χ3v) is 3.58. The highest BCUT2D eigenvalue weighted by Crippen LogP contribution is 2.28. The molecule has 0 bridgehead atoms. The molecular formula is C17H19N3O2. The molecule has 5 nitrogen and oxygen atoms in total. The first kappa shape index (κ1) is 14.5. The Hall–Kier alpha value is -2.40. The van der Waals surface area contributed by atoms with Crippen LogP contribution in [0.1, 0.15) is 28.8 Å². The van der Waals surface area contributed by atoms with Crippen LogP contribution in [0.15, 0.2) is 48.8 Å². The molecule has 114 valence electrons. The number of hydrogen-bond donors (Lipinski definition) is 2. The van der Waals surface area contributed by atoms with Crippen molar-refractivity contribution >= 4 is 11.6 Å². The second-order valence-electron chi connectivity index (χ2n) is 5.44. The molecule has 1 amide bonds. The van der Waals surface area contributed by atoms with Crippen molar-refractivity contribution in [3.05, 3.63) is 59.9 Å². The van der Waals surface area contributed by atoms with Gasteiger partial charge in [0.15, 0.2) is 0 Å². The first-order valence-electron chi connectivity index (χ1n) is 7.47. The number of amides is 1. The van der Waals surface area contributed by atoms with E-state index in [4.69, 9.17) is 4.84 Å². The van der Waals surface area contributed by atoms with Gasteiger partial charge in [0.05, 0.1) is 12.2 Å². The highest BCUT2D eigenvalue weighted by molar-refractivity contribution is 5.98. The molecule has 1 fully saturated rings. The van der Waals surface area contributed by atoms with E-state index in [1.807, 2.05) is 30.3 Å². The third-order valence-electron chi connectivity index (χ3n) is 3.58. The van der Waals surface area contributed by atoms with E-state index in [-0.39, 0.29) is 5.91 Å². The summed E-state index contributed by atoms with van der Waals surface area (Å²) in [7, 11) is 0. The predicted molar refractivity (Wildman–Crippen MR) is 84.1 cm³/mol. The number of para-hydroxylation sites is 1. The summed E-state index contributed by atoms with van der Waals surface area (Å²) in [6.07, 6.45) is 5.89. The zero-order chi connectivity index (χ0) is 15.2. The summed E-state index contributed by atoms with van der Waals surface area (Å²) in [5.41, 5.74) is 4.99. The number of nitrogens with one attached hydrogen (secondary N) is 2. The fraction of sp³-hybridized carbons (Fsp3) is 0.294. The summed E-state index contributed by atoms with van der Waals surface area (Å²) in [4.78, 5) is 21.4. The number of aromatic nitrogens is 1. The Morgan fingerprint density at radius 1 is 1.18 bits per heavy atom. The average Bonchev–Trinajstić information content (AvgIpc) is 3.38. The van der Waals surface area contributed by atoms with Crippen LogP contribution in [0, 0.1) is 5.92 Å². The number of nitrogens with zero attached hydrogens (tertiary/aromatic N) is 1. The quantitative estimate of drug-likeness (QED) is 0.771. The Balaban J connectivity index is 1.59. The average molecular weight is 297 g/mol. The lowest BCUT2D eigenvalue weighted by Crippen LogP contribution is -2.25. The van der Waals surface area contributed by atoms with Crippen LogP contribution >= 0.6 is 0 Å². The van der Waals surface area contributed by atoms with Crippen molar-refractivity contribution in [1.29, 1.82) is 0 Å². The van der Waals surface area contributed by atoms with E-state index in [0.29, 0.717) is 24.6 Å². The number of anilines is 1. The molecule has 1 saturated carbocycles. The van der Waals surface area contributed by atoms with E-state index < -0.39 is 0 Å². The molecule has 5 heteroatoms. The Morgan fingerprint density at radius 2 is 1.95 bits per heavy atom. The van der Waals surface area contributed by atoms with Crippen LogP contribution in [-0.2, 0) is 11.4 Å². The van der Waals surface area contributed by atoms with Gasteiger partial charge in [-0.25, -0.2) is 5.48 Å². The fourth-order valence-corrected chi connectivity index (χ4v) is 2.10. The minimum Gasteiger partial charge on any atom is -0.380 e. The van der Waals surface area contributed by atoms with Gasteiger partial charge >= 0.3 is 0 Å². The van der Waals surface area contributed by atoms with Gasteiger partial charge in [-0.2, -0.15) is 0 Å². The Labute approximate surface area is 129 Å². The molecule has 0 aliphatic heterocycles. The maximum atomic E-state index is 12.2. The zero-order valence-corrected chi connectivity index (χ0v) is 12.3. The van der Waals surface area contributed by atoms with Crippen molar-refractivity contribution in [2.24, 2.45) is 5.92 Å². The largest absolute Gasteiger partial charge is 0.380 e. The molecule has 1 aliphatic rings. The van der Waals surface area contributed by atoms with Gasteiger partial charge < -0.3 is 5.32 Å². The minimum atomic E-state index is -0.224. The van der Waals surface area contributed by atoms with Crippen molar-refractivity contribution < 1.29 is 9.63 Å². The molecule has 1 aromatic carbocycles. The third kappa shape index (κ3) is 4.05. The molecule has 0 saturated heterocycles. The second kappa shape index (κ2) is 7.04. The normalized spacial score (nSPS) is 13.6. The van der Waals surface area contributed by atoms with E-state index in [0.717, 1.165) is 11.3 Å². The molecule has 0 unspecified atom stereocenters. The summed E-state index contributed by atoms with van der Waals surface area (Å²) >= 11 is 0. The second-order valence-corrected chi connectivity index (χ2v) is 5.44. The lowest BCUT2D eigenvalue weighted by molar-refractivity contribution is 0.0271. The molecule has 0 radical (unpaired) electrons. The molecule has 3 rings (SSSR count). The van der Waals surface area contributed by atoms with Crippen LogP contribution in [0.5, 0.6) is 0 Å². The summed E-state index contributed by atoms with van der Waals surface area (Å²) in [6, 6.07) is 11.3. The Bertz CT molecular complexity index is 627. The van der Waals surface area contributed by atoms with Gasteiger partial charge in [-0.05, 0) is 48.6 Å². The first-order chi connectivity index (χ1) is 10.8. The topological polar surface area (TPSA) is 63.2 Å². The van der Waals surface area contributed by atoms with Crippen molar-refractivity contribution in [2.75, 3.05) is 11.9 Å². The number of carbonyl (C=O) groups is 1. The first-order valence-corrected chi connectivity index (χ1v) is 7.47. The summed E-state index contributed by atoms with van der Waals surface area (Å²) in [5.74, 6) is 0.388. The Morgan fingerprint density at radius 3 is 2.73 bits per heavy atom. The van der Waals surface area contributed by atoms with Crippen molar-refractivity contribution in [3.8, 4) is 0 Å². The Kier molecular flexibility index (Phi) is 4.65. The number of pyridine rings is 1. The molecular weight excluding hydrogens is 278 g/mol. The summed E-state index contributed by atoms with van der Waals surface area (Å²) in [6.45, 7) is 1.23. The summed E-state index contributed by atoms with van der Waals surface area (Å²) in [5, 5.41) is 3.28. The predicted octanol–water partition coefficient (Wildman–Crippen LogP) is 2.77. The van der Waals surface area contributed by atoms with Crippen LogP contribution < -0.4 is 10.8 Å². The van der Waals surface area contributed by atoms with Gasteiger partial charge in [0.2, 0.25) is 0 Å².